The fourth-order valence-corrected chi connectivity index (χ4v) is 7.78. The Morgan fingerprint density at radius 2 is 1.28 bits per heavy atom. The van der Waals surface area contributed by atoms with E-state index in [1.54, 1.807) is 28.1 Å². The van der Waals surface area contributed by atoms with Gasteiger partial charge in [0.25, 0.3) is 5.91 Å². The van der Waals surface area contributed by atoms with E-state index in [1.165, 1.54) is 14.2 Å². The molecule has 14 heteroatoms. The molecule has 3 aromatic carbocycles. The lowest BCUT2D eigenvalue weighted by atomic mass is 9.98. The lowest BCUT2D eigenvalue weighted by Crippen LogP contribution is -2.54. The molecule has 57 heavy (non-hydrogen) atoms. The van der Waals surface area contributed by atoms with E-state index >= 15 is 0 Å². The van der Waals surface area contributed by atoms with Gasteiger partial charge in [-0.2, -0.15) is 0 Å². The molecule has 5 amide bonds. The van der Waals surface area contributed by atoms with Gasteiger partial charge in [0.1, 0.15) is 17.9 Å². The van der Waals surface area contributed by atoms with Gasteiger partial charge in [0.2, 0.25) is 11.8 Å². The summed E-state index contributed by atoms with van der Waals surface area (Å²) in [6.45, 7) is 9.00. The van der Waals surface area contributed by atoms with Crippen LogP contribution in [-0.4, -0.2) is 102 Å². The summed E-state index contributed by atoms with van der Waals surface area (Å²) in [7, 11) is 2.55. The second-order valence-corrected chi connectivity index (χ2v) is 15.5. The van der Waals surface area contributed by atoms with Crippen LogP contribution in [0.25, 0.3) is 33.2 Å². The smallest absolute Gasteiger partial charge is 0.407 e. The van der Waals surface area contributed by atoms with Crippen molar-refractivity contribution in [3.05, 3.63) is 78.2 Å². The van der Waals surface area contributed by atoms with Gasteiger partial charge in [-0.05, 0) is 83.7 Å². The highest BCUT2D eigenvalue weighted by atomic mass is 16.5. The molecule has 0 bridgehead atoms. The summed E-state index contributed by atoms with van der Waals surface area (Å²) < 4.78 is 9.47. The third kappa shape index (κ3) is 9.22. The van der Waals surface area contributed by atoms with Crippen LogP contribution in [0, 0.1) is 11.8 Å². The lowest BCUT2D eigenvalue weighted by molar-refractivity contribution is -0.136. The maximum Gasteiger partial charge on any atom is 0.407 e. The Morgan fingerprint density at radius 3 is 1.89 bits per heavy atom. The van der Waals surface area contributed by atoms with Crippen molar-refractivity contribution in [2.24, 2.45) is 11.8 Å². The van der Waals surface area contributed by atoms with E-state index in [-0.39, 0.29) is 41.6 Å². The quantitative estimate of drug-likeness (QED) is 0.135. The minimum atomic E-state index is -0.709. The molecule has 0 unspecified atom stereocenters. The molecular weight excluding hydrogens is 727 g/mol. The first-order valence-electron chi connectivity index (χ1n) is 19.7. The van der Waals surface area contributed by atoms with Crippen molar-refractivity contribution in [2.45, 2.75) is 77.5 Å². The highest BCUT2D eigenvalue weighted by molar-refractivity contribution is 5.95. The Labute approximate surface area is 333 Å². The zero-order valence-corrected chi connectivity index (χ0v) is 33.5. The minimum Gasteiger partial charge on any atom is -0.453 e. The number of hydrogen-bond acceptors (Lipinski definition) is 8. The number of nitrogens with one attached hydrogen (secondary N) is 4. The Hall–Kier alpha value is -5.92. The molecule has 2 fully saturated rings. The van der Waals surface area contributed by atoms with Crippen LogP contribution >= 0.6 is 0 Å². The SMILES string of the molecule is COC(=O)N[C@H](C(=O)N1CCC[C@H]1CNC(=O)c1ccc(-c2ccc3cc(-c4cnc([C@@H]5CCCN5C(=O)[C@@H](NC(=O)OC)C(C)C)[nH]4)ccc3c2)cc1)C(C)C. The topological polar surface area (TPSA) is 175 Å². The van der Waals surface area contributed by atoms with Gasteiger partial charge in [0, 0.05) is 36.8 Å². The number of aromatic amines is 1. The second-order valence-electron chi connectivity index (χ2n) is 15.5. The highest BCUT2D eigenvalue weighted by Crippen LogP contribution is 2.34. The third-order valence-electron chi connectivity index (χ3n) is 11.0. The number of carbonyl (C=O) groups excluding carboxylic acids is 5. The number of ether oxygens (including phenoxy) is 2. The first-order chi connectivity index (χ1) is 27.4. The molecule has 0 radical (unpaired) electrons. The number of H-pyrrole nitrogens is 1. The van der Waals surface area contributed by atoms with Gasteiger partial charge >= 0.3 is 12.2 Å². The number of nitrogens with zero attached hydrogens (tertiary/aromatic N) is 3. The first kappa shape index (κ1) is 40.7. The Bertz CT molecular complexity index is 2100. The molecule has 14 nitrogen and oxygen atoms in total. The lowest BCUT2D eigenvalue weighted by Gasteiger charge is -2.30. The van der Waals surface area contributed by atoms with Crippen molar-refractivity contribution >= 4 is 40.7 Å². The molecule has 1 aromatic heterocycles. The zero-order chi connectivity index (χ0) is 40.8. The molecule has 3 heterocycles. The summed E-state index contributed by atoms with van der Waals surface area (Å²) in [4.78, 5) is 75.6. The number of hydrogen-bond donors (Lipinski definition) is 4. The van der Waals surface area contributed by atoms with E-state index in [1.807, 2.05) is 45.9 Å². The van der Waals surface area contributed by atoms with Gasteiger partial charge in [-0.15, -0.1) is 0 Å². The van der Waals surface area contributed by atoms with Crippen LogP contribution in [0.1, 0.15) is 75.6 Å². The van der Waals surface area contributed by atoms with Crippen LogP contribution < -0.4 is 16.0 Å². The number of rotatable bonds is 12. The first-order valence-corrected chi connectivity index (χ1v) is 19.7. The molecule has 2 saturated heterocycles. The van der Waals surface area contributed by atoms with Gasteiger partial charge in [-0.3, -0.25) is 14.4 Å². The molecule has 302 valence electrons. The number of alkyl carbamates (subject to hydrolysis) is 2. The summed E-state index contributed by atoms with van der Waals surface area (Å²) in [5, 5.41) is 10.5. The Morgan fingerprint density at radius 1 is 0.737 bits per heavy atom. The zero-order valence-electron chi connectivity index (χ0n) is 33.5. The van der Waals surface area contributed by atoms with E-state index in [0.717, 1.165) is 58.8 Å². The standard InChI is InChI=1S/C43H53N7O7/c1-25(2)36(47-42(54)56-5)40(52)49-19-7-9-33(49)23-45-39(51)28-13-11-27(12-14-28)29-15-16-31-22-32(18-17-30(31)21-29)34-24-44-38(46-34)35-10-8-20-50(35)41(53)37(26(3)4)48-43(55)57-6/h11-18,21-22,24-26,33,35-37H,7-10,19-20,23H2,1-6H3,(H,44,46)(H,45,51)(H,47,54)(H,48,55)/t33-,35-,36-,37-/m0/s1. The summed E-state index contributed by atoms with van der Waals surface area (Å²) in [5.74, 6) is -0.0666. The van der Waals surface area contributed by atoms with Gasteiger partial charge < -0.3 is 40.2 Å². The molecule has 4 N–H and O–H groups in total. The van der Waals surface area contributed by atoms with Gasteiger partial charge in [-0.25, -0.2) is 14.6 Å². The van der Waals surface area contributed by atoms with Gasteiger partial charge in [0.05, 0.1) is 32.2 Å². The van der Waals surface area contributed by atoms with E-state index in [2.05, 4.69) is 56.3 Å². The fraction of sp³-hybridized carbons (Fsp3) is 0.442. The van der Waals surface area contributed by atoms with E-state index in [4.69, 9.17) is 9.47 Å². The molecule has 2 aliphatic rings. The van der Waals surface area contributed by atoms with Crippen molar-refractivity contribution < 1.29 is 33.4 Å². The molecular formula is C43H53N7O7. The largest absolute Gasteiger partial charge is 0.453 e. The van der Waals surface area contributed by atoms with Crippen molar-refractivity contribution in [1.29, 1.82) is 0 Å². The predicted octanol–water partition coefficient (Wildman–Crippen LogP) is 6.04. The Kier molecular flexibility index (Phi) is 12.8. The van der Waals surface area contributed by atoms with Gasteiger partial charge in [-0.1, -0.05) is 64.1 Å². The number of likely N-dealkylation sites (tertiary alicyclic amines) is 2. The fourth-order valence-electron chi connectivity index (χ4n) is 7.78. The normalized spacial score (nSPS) is 17.8. The number of imidazole rings is 1. The van der Waals surface area contributed by atoms with Crippen LogP contribution in [-0.2, 0) is 19.1 Å². The molecule has 4 aromatic rings. The van der Waals surface area contributed by atoms with Crippen LogP contribution in [0.3, 0.4) is 0 Å². The number of aromatic nitrogens is 2. The van der Waals surface area contributed by atoms with Crippen molar-refractivity contribution in [1.82, 2.24) is 35.7 Å². The number of amides is 5. The van der Waals surface area contributed by atoms with Crippen molar-refractivity contribution in [2.75, 3.05) is 33.9 Å². The minimum absolute atomic E-state index is 0.113. The molecule has 0 saturated carbocycles. The monoisotopic (exact) mass is 779 g/mol. The average Bonchev–Trinajstić information content (AvgIpc) is 4.01. The summed E-state index contributed by atoms with van der Waals surface area (Å²) in [5.41, 5.74) is 4.32. The van der Waals surface area contributed by atoms with Crippen LogP contribution in [0.4, 0.5) is 9.59 Å². The van der Waals surface area contributed by atoms with E-state index < -0.39 is 24.3 Å². The van der Waals surface area contributed by atoms with Crippen LogP contribution in [0.2, 0.25) is 0 Å². The van der Waals surface area contributed by atoms with Gasteiger partial charge in [0.15, 0.2) is 0 Å². The molecule has 0 spiro atoms. The molecule has 0 aliphatic carbocycles. The second kappa shape index (κ2) is 17.9. The molecule has 6 rings (SSSR count). The van der Waals surface area contributed by atoms with Crippen LogP contribution in [0.15, 0.2) is 66.9 Å². The third-order valence-corrected chi connectivity index (χ3v) is 11.0. The molecule has 2 aliphatic heterocycles. The number of fused-ring (bicyclic) bond motifs is 1. The number of carbonyl (C=O) groups is 5. The highest BCUT2D eigenvalue weighted by Gasteiger charge is 2.38. The van der Waals surface area contributed by atoms with Crippen molar-refractivity contribution in [3.8, 4) is 22.4 Å². The summed E-state index contributed by atoms with van der Waals surface area (Å²) >= 11 is 0. The Balaban J connectivity index is 1.08. The number of methoxy groups -OCH3 is 2. The average molecular weight is 780 g/mol. The van der Waals surface area contributed by atoms with E-state index in [0.29, 0.717) is 31.0 Å². The molecule has 4 atom stereocenters. The maximum atomic E-state index is 13.6. The number of benzene rings is 3. The van der Waals surface area contributed by atoms with E-state index in [9.17, 15) is 24.0 Å². The summed E-state index contributed by atoms with van der Waals surface area (Å²) in [6.07, 6.45) is 3.71. The van der Waals surface area contributed by atoms with Crippen LogP contribution in [0.5, 0.6) is 0 Å². The summed E-state index contributed by atoms with van der Waals surface area (Å²) in [6, 6.07) is 18.1. The van der Waals surface area contributed by atoms with Crippen molar-refractivity contribution in [3.63, 3.8) is 0 Å². The predicted molar refractivity (Wildman–Crippen MR) is 216 cm³/mol. The maximum absolute atomic E-state index is 13.6.